The molecule has 16 heavy (non-hydrogen) atoms. The molecular weight excluding hydrogens is 224 g/mol. The van der Waals surface area contributed by atoms with Crippen molar-refractivity contribution in [2.75, 3.05) is 6.61 Å². The van der Waals surface area contributed by atoms with Gasteiger partial charge < -0.3 is 16.2 Å². The summed E-state index contributed by atoms with van der Waals surface area (Å²) in [4.78, 5) is 0. The molecule has 2 rings (SSSR count). The van der Waals surface area contributed by atoms with Gasteiger partial charge in [-0.2, -0.15) is 0 Å². The summed E-state index contributed by atoms with van der Waals surface area (Å²) in [6.07, 6.45) is 1.97. The molecule has 4 N–H and O–H groups in total. The lowest BCUT2D eigenvalue weighted by Gasteiger charge is -2.20. The van der Waals surface area contributed by atoms with Crippen LogP contribution in [0.3, 0.4) is 0 Å². The van der Waals surface area contributed by atoms with Crippen LogP contribution in [0.25, 0.3) is 0 Å². The van der Waals surface area contributed by atoms with E-state index in [1.165, 1.54) is 0 Å². The topological polar surface area (TPSA) is 61.3 Å². The molecule has 88 valence electrons. The zero-order valence-corrected chi connectivity index (χ0v) is 10.1. The highest BCUT2D eigenvalue weighted by Gasteiger charge is 2.44. The summed E-state index contributed by atoms with van der Waals surface area (Å²) in [7, 11) is 0. The van der Waals surface area contributed by atoms with Crippen molar-refractivity contribution in [1.29, 1.82) is 0 Å². The maximum atomic E-state index is 6.10. The van der Waals surface area contributed by atoms with Crippen molar-refractivity contribution in [2.24, 2.45) is 11.5 Å². The monoisotopic (exact) mass is 240 g/mol. The summed E-state index contributed by atoms with van der Waals surface area (Å²) in [5.41, 5.74) is 12.9. The first-order chi connectivity index (χ1) is 7.57. The van der Waals surface area contributed by atoms with Gasteiger partial charge in [-0.3, -0.25) is 0 Å². The molecule has 0 amide bonds. The molecule has 0 radical (unpaired) electrons. The van der Waals surface area contributed by atoms with Gasteiger partial charge >= 0.3 is 0 Å². The number of rotatable bonds is 4. The quantitative estimate of drug-likeness (QED) is 0.849. The summed E-state index contributed by atoms with van der Waals surface area (Å²) in [5, 5.41) is 0.596. The van der Waals surface area contributed by atoms with Gasteiger partial charge in [0.25, 0.3) is 0 Å². The van der Waals surface area contributed by atoms with Gasteiger partial charge in [-0.25, -0.2) is 0 Å². The van der Waals surface area contributed by atoms with Gasteiger partial charge in [-0.15, -0.1) is 0 Å². The van der Waals surface area contributed by atoms with Crippen LogP contribution in [0.2, 0.25) is 5.02 Å². The minimum Gasteiger partial charge on any atom is -0.492 e. The molecular formula is C12H17ClN2O. The van der Waals surface area contributed by atoms with Crippen molar-refractivity contribution >= 4 is 11.6 Å². The first-order valence-corrected chi connectivity index (χ1v) is 5.91. The van der Waals surface area contributed by atoms with Gasteiger partial charge in [0, 0.05) is 11.6 Å². The number of ether oxygens (including phenoxy) is 1. The van der Waals surface area contributed by atoms with Crippen LogP contribution < -0.4 is 16.2 Å². The second-order valence-corrected chi connectivity index (χ2v) is 4.74. The molecule has 0 aliphatic heterocycles. The lowest BCUT2D eigenvalue weighted by Crippen LogP contribution is -2.36. The summed E-state index contributed by atoms with van der Waals surface area (Å²) >= 11 is 6.10. The molecule has 1 aromatic rings. The molecule has 1 unspecified atom stereocenters. The molecule has 1 atom stereocenters. The van der Waals surface area contributed by atoms with Crippen LogP contribution in [-0.2, 0) is 0 Å². The van der Waals surface area contributed by atoms with Gasteiger partial charge in [-0.05, 0) is 37.5 Å². The van der Waals surface area contributed by atoms with Gasteiger partial charge in [0.05, 0.1) is 11.6 Å². The Morgan fingerprint density at radius 3 is 2.69 bits per heavy atom. The molecule has 1 fully saturated rings. The molecule has 3 nitrogen and oxygen atoms in total. The largest absolute Gasteiger partial charge is 0.492 e. The summed E-state index contributed by atoms with van der Waals surface area (Å²) in [6.45, 7) is 2.53. The van der Waals surface area contributed by atoms with E-state index in [4.69, 9.17) is 27.8 Å². The minimum atomic E-state index is -0.226. The molecule has 0 spiro atoms. The van der Waals surface area contributed by atoms with Crippen molar-refractivity contribution < 1.29 is 4.74 Å². The Morgan fingerprint density at radius 2 is 2.19 bits per heavy atom. The van der Waals surface area contributed by atoms with Crippen LogP contribution in [0.5, 0.6) is 5.75 Å². The second kappa shape index (κ2) is 4.24. The average molecular weight is 241 g/mol. The molecule has 0 saturated heterocycles. The Bertz CT molecular complexity index is 391. The van der Waals surface area contributed by atoms with E-state index in [1.807, 2.05) is 25.1 Å². The van der Waals surface area contributed by atoms with Crippen molar-refractivity contribution in [3.05, 3.63) is 28.8 Å². The van der Waals surface area contributed by atoms with Crippen LogP contribution in [-0.4, -0.2) is 12.1 Å². The maximum absolute atomic E-state index is 6.10. The average Bonchev–Trinajstić information content (AvgIpc) is 3.00. The standard InChI is InChI=1S/C12H17ClN2O/c1-2-16-10-4-3-8(7-9(10)13)11(14)12(15)5-6-12/h3-4,7,11H,2,5-6,14-15H2,1H3. The van der Waals surface area contributed by atoms with Gasteiger partial charge in [-0.1, -0.05) is 17.7 Å². The highest BCUT2D eigenvalue weighted by Crippen LogP contribution is 2.43. The predicted octanol–water partition coefficient (Wildman–Crippen LogP) is 2.23. The van der Waals surface area contributed by atoms with Crippen LogP contribution >= 0.6 is 11.6 Å². The van der Waals surface area contributed by atoms with Crippen LogP contribution in [0.4, 0.5) is 0 Å². The maximum Gasteiger partial charge on any atom is 0.137 e. The van der Waals surface area contributed by atoms with E-state index in [2.05, 4.69) is 0 Å². The molecule has 1 aliphatic carbocycles. The fraction of sp³-hybridized carbons (Fsp3) is 0.500. The first kappa shape index (κ1) is 11.7. The Hall–Kier alpha value is -0.770. The van der Waals surface area contributed by atoms with Crippen LogP contribution in [0.15, 0.2) is 18.2 Å². The first-order valence-electron chi connectivity index (χ1n) is 5.53. The van der Waals surface area contributed by atoms with E-state index < -0.39 is 0 Å². The third kappa shape index (κ3) is 2.17. The molecule has 0 bridgehead atoms. The Kier molecular flexibility index (Phi) is 3.10. The van der Waals surface area contributed by atoms with E-state index >= 15 is 0 Å². The summed E-state index contributed by atoms with van der Waals surface area (Å²) < 4.78 is 5.37. The van der Waals surface area contributed by atoms with Crippen LogP contribution in [0, 0.1) is 0 Å². The van der Waals surface area contributed by atoms with E-state index in [9.17, 15) is 0 Å². The van der Waals surface area contributed by atoms with Gasteiger partial charge in [0.2, 0.25) is 0 Å². The third-order valence-electron chi connectivity index (χ3n) is 3.06. The molecule has 4 heteroatoms. The smallest absolute Gasteiger partial charge is 0.137 e. The molecule has 1 aliphatic rings. The van der Waals surface area contributed by atoms with Crippen molar-refractivity contribution in [2.45, 2.75) is 31.3 Å². The number of hydrogen-bond acceptors (Lipinski definition) is 3. The zero-order valence-electron chi connectivity index (χ0n) is 9.37. The minimum absolute atomic E-state index is 0.138. The van der Waals surface area contributed by atoms with Crippen molar-refractivity contribution in [3.8, 4) is 5.75 Å². The number of halogens is 1. The molecule has 1 aromatic carbocycles. The second-order valence-electron chi connectivity index (χ2n) is 4.33. The van der Waals surface area contributed by atoms with E-state index in [-0.39, 0.29) is 11.6 Å². The van der Waals surface area contributed by atoms with Crippen molar-refractivity contribution in [1.82, 2.24) is 0 Å². The molecule has 1 saturated carbocycles. The van der Waals surface area contributed by atoms with Gasteiger partial charge in [0.15, 0.2) is 0 Å². The summed E-state index contributed by atoms with van der Waals surface area (Å²) in [5.74, 6) is 0.696. The van der Waals surface area contributed by atoms with E-state index in [0.717, 1.165) is 18.4 Å². The van der Waals surface area contributed by atoms with Crippen molar-refractivity contribution in [3.63, 3.8) is 0 Å². The third-order valence-corrected chi connectivity index (χ3v) is 3.36. The Balaban J connectivity index is 2.20. The number of hydrogen-bond donors (Lipinski definition) is 2. The molecule has 0 aromatic heterocycles. The zero-order chi connectivity index (χ0) is 11.8. The number of benzene rings is 1. The highest BCUT2D eigenvalue weighted by atomic mass is 35.5. The Labute approximate surface area is 101 Å². The summed E-state index contributed by atoms with van der Waals surface area (Å²) in [6, 6.07) is 5.51. The van der Waals surface area contributed by atoms with E-state index in [0.29, 0.717) is 17.4 Å². The SMILES string of the molecule is CCOc1ccc(C(N)C2(N)CC2)cc1Cl. The molecule has 0 heterocycles. The fourth-order valence-corrected chi connectivity index (χ4v) is 2.01. The normalized spacial score (nSPS) is 19.2. The Morgan fingerprint density at radius 1 is 1.50 bits per heavy atom. The van der Waals surface area contributed by atoms with Gasteiger partial charge in [0.1, 0.15) is 5.75 Å². The predicted molar refractivity (Wildman–Crippen MR) is 65.7 cm³/mol. The fourth-order valence-electron chi connectivity index (χ4n) is 1.77. The lowest BCUT2D eigenvalue weighted by molar-refractivity contribution is 0.340. The number of nitrogens with two attached hydrogens (primary N) is 2. The highest BCUT2D eigenvalue weighted by molar-refractivity contribution is 6.32. The van der Waals surface area contributed by atoms with E-state index in [1.54, 1.807) is 0 Å². The van der Waals surface area contributed by atoms with Crippen LogP contribution in [0.1, 0.15) is 31.4 Å². The lowest BCUT2D eigenvalue weighted by atomic mass is 9.99.